The van der Waals surface area contributed by atoms with E-state index in [-0.39, 0.29) is 0 Å². The Morgan fingerprint density at radius 3 is 2.46 bits per heavy atom. The molecule has 2 aromatic rings. The molecule has 6 nitrogen and oxygen atoms in total. The third kappa shape index (κ3) is 4.10. The standard InChI is InChI=1S/C15H15F2N3O3S/c1-15(2,13(22)23)20-8-10(7-18-20)19-12(21)9-3-5-11(6-4-9)24-14(16)17/h3-8,14H,1-2H3,(H,19,21)(H,22,23). The fourth-order valence-corrected chi connectivity index (χ4v) is 2.28. The van der Waals surface area contributed by atoms with Gasteiger partial charge in [0.25, 0.3) is 11.7 Å². The van der Waals surface area contributed by atoms with Gasteiger partial charge in [-0.05, 0) is 38.1 Å². The van der Waals surface area contributed by atoms with E-state index in [4.69, 9.17) is 5.11 Å². The molecule has 1 heterocycles. The maximum Gasteiger partial charge on any atom is 0.331 e. The fraction of sp³-hybridized carbons (Fsp3) is 0.267. The Morgan fingerprint density at radius 1 is 1.29 bits per heavy atom. The molecule has 1 aromatic heterocycles. The van der Waals surface area contributed by atoms with Crippen LogP contribution in [-0.2, 0) is 10.3 Å². The number of carbonyl (C=O) groups is 2. The SMILES string of the molecule is CC(C)(C(=O)O)n1cc(NC(=O)c2ccc(SC(F)F)cc2)cn1. The number of alkyl halides is 2. The molecule has 0 fully saturated rings. The molecular formula is C15H15F2N3O3S. The molecule has 0 saturated carbocycles. The molecule has 24 heavy (non-hydrogen) atoms. The van der Waals surface area contributed by atoms with E-state index in [2.05, 4.69) is 10.4 Å². The molecule has 1 aromatic carbocycles. The highest BCUT2D eigenvalue weighted by molar-refractivity contribution is 7.99. The number of carboxylic acid groups (broad SMARTS) is 1. The summed E-state index contributed by atoms with van der Waals surface area (Å²) in [5.74, 6) is -4.03. The lowest BCUT2D eigenvalue weighted by atomic mass is 10.1. The highest BCUT2D eigenvalue weighted by atomic mass is 32.2. The number of aromatic nitrogens is 2. The van der Waals surface area contributed by atoms with E-state index in [1.54, 1.807) is 0 Å². The topological polar surface area (TPSA) is 84.2 Å². The van der Waals surface area contributed by atoms with Crippen molar-refractivity contribution in [1.29, 1.82) is 0 Å². The van der Waals surface area contributed by atoms with Gasteiger partial charge in [-0.25, -0.2) is 4.79 Å². The molecule has 0 unspecified atom stereocenters. The van der Waals surface area contributed by atoms with Gasteiger partial charge in [-0.1, -0.05) is 11.8 Å². The van der Waals surface area contributed by atoms with Gasteiger partial charge >= 0.3 is 5.97 Å². The zero-order chi connectivity index (χ0) is 17.9. The van der Waals surface area contributed by atoms with Crippen LogP contribution in [0, 0.1) is 0 Å². The van der Waals surface area contributed by atoms with Crippen molar-refractivity contribution in [3.8, 4) is 0 Å². The maximum absolute atomic E-state index is 12.3. The molecule has 2 N–H and O–H groups in total. The van der Waals surface area contributed by atoms with Crippen LogP contribution in [0.2, 0.25) is 0 Å². The lowest BCUT2D eigenvalue weighted by Gasteiger charge is -2.19. The molecule has 128 valence electrons. The van der Waals surface area contributed by atoms with Gasteiger partial charge in [0.2, 0.25) is 0 Å². The first-order chi connectivity index (χ1) is 11.2. The number of nitrogens with one attached hydrogen (secondary N) is 1. The third-order valence-electron chi connectivity index (χ3n) is 3.28. The number of nitrogens with zero attached hydrogens (tertiary/aromatic N) is 2. The average molecular weight is 355 g/mol. The van der Waals surface area contributed by atoms with Gasteiger partial charge in [-0.15, -0.1) is 0 Å². The second-order valence-corrected chi connectivity index (χ2v) is 6.46. The van der Waals surface area contributed by atoms with Gasteiger partial charge in [0.1, 0.15) is 0 Å². The third-order valence-corrected chi connectivity index (χ3v) is 4.00. The summed E-state index contributed by atoms with van der Waals surface area (Å²) in [6, 6.07) is 5.74. The zero-order valence-electron chi connectivity index (χ0n) is 12.9. The average Bonchev–Trinajstić information content (AvgIpc) is 2.96. The van der Waals surface area contributed by atoms with Gasteiger partial charge < -0.3 is 10.4 Å². The Balaban J connectivity index is 2.07. The highest BCUT2D eigenvalue weighted by Crippen LogP contribution is 2.25. The molecule has 0 saturated heterocycles. The normalized spacial score (nSPS) is 11.5. The van der Waals surface area contributed by atoms with Crippen molar-refractivity contribution in [3.63, 3.8) is 0 Å². The van der Waals surface area contributed by atoms with Crippen molar-refractivity contribution < 1.29 is 23.5 Å². The second kappa shape index (κ2) is 7.00. The Bertz CT molecular complexity index is 745. The summed E-state index contributed by atoms with van der Waals surface area (Å²) in [6.45, 7) is 2.96. The maximum atomic E-state index is 12.3. The minimum absolute atomic E-state index is 0.291. The summed E-state index contributed by atoms with van der Waals surface area (Å²) in [5, 5.41) is 15.7. The van der Waals surface area contributed by atoms with E-state index in [9.17, 15) is 18.4 Å². The smallest absolute Gasteiger partial charge is 0.331 e. The predicted molar refractivity (Wildman–Crippen MR) is 85.4 cm³/mol. The van der Waals surface area contributed by atoms with Crippen LogP contribution in [0.25, 0.3) is 0 Å². The molecule has 0 spiro atoms. The quantitative estimate of drug-likeness (QED) is 0.777. The number of amides is 1. The number of rotatable bonds is 6. The van der Waals surface area contributed by atoms with Crippen LogP contribution in [0.3, 0.4) is 0 Å². The van der Waals surface area contributed by atoms with E-state index in [1.807, 2.05) is 0 Å². The molecule has 1 amide bonds. The lowest BCUT2D eigenvalue weighted by molar-refractivity contribution is -0.146. The minimum atomic E-state index is -2.52. The van der Waals surface area contributed by atoms with Gasteiger partial charge in [-0.3, -0.25) is 9.48 Å². The van der Waals surface area contributed by atoms with Crippen LogP contribution in [0.4, 0.5) is 14.5 Å². The van der Waals surface area contributed by atoms with Crippen LogP contribution in [0.15, 0.2) is 41.6 Å². The van der Waals surface area contributed by atoms with Crippen LogP contribution >= 0.6 is 11.8 Å². The molecule has 9 heteroatoms. The minimum Gasteiger partial charge on any atom is -0.479 e. The van der Waals surface area contributed by atoms with Gasteiger partial charge in [-0.2, -0.15) is 13.9 Å². The Morgan fingerprint density at radius 2 is 1.92 bits per heavy atom. The summed E-state index contributed by atoms with van der Waals surface area (Å²) in [6.07, 6.45) is 2.75. The van der Waals surface area contributed by atoms with E-state index in [0.29, 0.717) is 27.9 Å². The molecular weight excluding hydrogens is 340 g/mol. The Kier molecular flexibility index (Phi) is 5.23. The number of halogens is 2. The lowest BCUT2D eigenvalue weighted by Crippen LogP contribution is -2.35. The number of benzene rings is 1. The monoisotopic (exact) mass is 355 g/mol. The van der Waals surface area contributed by atoms with Crippen LogP contribution in [0.5, 0.6) is 0 Å². The molecule has 0 aliphatic heterocycles. The number of carboxylic acids is 1. The second-order valence-electron chi connectivity index (χ2n) is 5.39. The van der Waals surface area contributed by atoms with Crippen molar-refractivity contribution in [1.82, 2.24) is 9.78 Å². The summed E-state index contributed by atoms with van der Waals surface area (Å²) in [5.41, 5.74) is -0.629. The Hall–Kier alpha value is -2.42. The van der Waals surface area contributed by atoms with Gasteiger partial charge in [0, 0.05) is 16.7 Å². The molecule has 0 radical (unpaired) electrons. The van der Waals surface area contributed by atoms with E-state index >= 15 is 0 Å². The predicted octanol–water partition coefficient (Wildman–Crippen LogP) is 3.27. The number of carbonyl (C=O) groups excluding carboxylic acids is 1. The van der Waals surface area contributed by atoms with E-state index in [0.717, 1.165) is 0 Å². The molecule has 0 aliphatic rings. The first kappa shape index (κ1) is 17.9. The largest absolute Gasteiger partial charge is 0.479 e. The van der Waals surface area contributed by atoms with Gasteiger partial charge in [0.05, 0.1) is 11.9 Å². The summed E-state index contributed by atoms with van der Waals surface area (Å²) >= 11 is 0.398. The number of hydrogen-bond donors (Lipinski definition) is 2. The highest BCUT2D eigenvalue weighted by Gasteiger charge is 2.30. The van der Waals surface area contributed by atoms with Crippen LogP contribution in [0.1, 0.15) is 24.2 Å². The number of aliphatic carboxylic acids is 1. The summed E-state index contributed by atoms with van der Waals surface area (Å²) < 4.78 is 25.7. The van der Waals surface area contributed by atoms with Crippen molar-refractivity contribution in [2.24, 2.45) is 0 Å². The van der Waals surface area contributed by atoms with Crippen molar-refractivity contribution in [2.45, 2.75) is 30.0 Å². The number of thioether (sulfide) groups is 1. The molecule has 0 bridgehead atoms. The van der Waals surface area contributed by atoms with Crippen LogP contribution < -0.4 is 5.32 Å². The summed E-state index contributed by atoms with van der Waals surface area (Å²) in [7, 11) is 0. The Labute approximate surface area is 140 Å². The molecule has 0 atom stereocenters. The van der Waals surface area contributed by atoms with Crippen molar-refractivity contribution in [2.75, 3.05) is 5.32 Å². The number of hydrogen-bond acceptors (Lipinski definition) is 4. The number of anilines is 1. The fourth-order valence-electron chi connectivity index (χ4n) is 1.78. The molecule has 0 aliphatic carbocycles. The first-order valence-corrected chi connectivity index (χ1v) is 7.73. The van der Waals surface area contributed by atoms with Crippen molar-refractivity contribution >= 4 is 29.3 Å². The first-order valence-electron chi connectivity index (χ1n) is 6.85. The molecule has 2 rings (SSSR count). The van der Waals surface area contributed by atoms with Crippen LogP contribution in [-0.4, -0.2) is 32.5 Å². The van der Waals surface area contributed by atoms with E-state index < -0.39 is 23.2 Å². The van der Waals surface area contributed by atoms with Gasteiger partial charge in [0.15, 0.2) is 5.54 Å². The van der Waals surface area contributed by atoms with Crippen molar-refractivity contribution in [3.05, 3.63) is 42.2 Å². The van der Waals surface area contributed by atoms with E-state index in [1.165, 1.54) is 55.2 Å². The summed E-state index contributed by atoms with van der Waals surface area (Å²) in [4.78, 5) is 23.7. The zero-order valence-corrected chi connectivity index (χ0v) is 13.7.